The first-order valence-electron chi connectivity index (χ1n) is 16.8. The molecular weight excluding hydrogens is 673 g/mol. The first-order chi connectivity index (χ1) is 23.7. The van der Waals surface area contributed by atoms with Gasteiger partial charge in [-0.25, -0.2) is 14.8 Å². The van der Waals surface area contributed by atoms with Crippen LogP contribution in [0.1, 0.15) is 78.5 Å². The van der Waals surface area contributed by atoms with Gasteiger partial charge in [-0.05, 0) is 65.7 Å². The van der Waals surface area contributed by atoms with E-state index in [1.54, 1.807) is 19.9 Å². The lowest BCUT2D eigenvalue weighted by molar-refractivity contribution is -0.161. The summed E-state index contributed by atoms with van der Waals surface area (Å²) in [6.07, 6.45) is -3.24. The van der Waals surface area contributed by atoms with Gasteiger partial charge < -0.3 is 34.3 Å². The van der Waals surface area contributed by atoms with Crippen LogP contribution >= 0.6 is 0 Å². The Kier molecular flexibility index (Phi) is 9.87. The molecule has 5 rings (SSSR count). The van der Waals surface area contributed by atoms with Gasteiger partial charge in [-0.1, -0.05) is 6.08 Å². The van der Waals surface area contributed by atoms with Gasteiger partial charge in [0.2, 0.25) is 11.8 Å². The zero-order valence-electron chi connectivity index (χ0n) is 29.9. The van der Waals surface area contributed by atoms with Crippen LogP contribution in [0.3, 0.4) is 0 Å². The summed E-state index contributed by atoms with van der Waals surface area (Å²) < 4.78 is 66.6. The second-order valence-corrected chi connectivity index (χ2v) is 14.6. The molecule has 1 saturated carbocycles. The zero-order chi connectivity index (χ0) is 37.7. The Balaban J connectivity index is 1.59. The first-order valence-corrected chi connectivity index (χ1v) is 16.8. The number of nitrogens with zero attached hydrogens (tertiary/aromatic N) is 3. The SMILES string of the molecule is C=CC1CCC1(NC(=O)C1CC2(CN1C(=O)CN=C(C)OC(C)(C)C)CC(C)(O)c1c(c(C(F)(F)F)nc3ccc(OC)cc13)O2)C(=O)OCC. The van der Waals surface area contributed by atoms with Gasteiger partial charge in [0, 0.05) is 36.6 Å². The van der Waals surface area contributed by atoms with Crippen molar-refractivity contribution >= 4 is 34.6 Å². The van der Waals surface area contributed by atoms with Gasteiger partial charge >= 0.3 is 12.1 Å². The first kappa shape index (κ1) is 37.8. The molecule has 12 nitrogen and oxygen atoms in total. The summed E-state index contributed by atoms with van der Waals surface area (Å²) in [7, 11) is 1.40. The average Bonchev–Trinajstić information content (AvgIpc) is 3.37. The van der Waals surface area contributed by atoms with Crippen molar-refractivity contribution in [3.05, 3.63) is 42.1 Å². The average molecular weight is 719 g/mol. The fraction of sp³-hybridized carbons (Fsp3) is 0.583. The zero-order valence-corrected chi connectivity index (χ0v) is 29.9. The van der Waals surface area contributed by atoms with Crippen LogP contribution in [0.25, 0.3) is 10.9 Å². The van der Waals surface area contributed by atoms with E-state index in [1.807, 2.05) is 20.8 Å². The fourth-order valence-electron chi connectivity index (χ4n) is 7.48. The molecule has 1 spiro atoms. The Morgan fingerprint density at radius 3 is 2.53 bits per heavy atom. The molecule has 2 amide bonds. The predicted molar refractivity (Wildman–Crippen MR) is 180 cm³/mol. The molecule has 3 aliphatic rings. The molecule has 278 valence electrons. The standard InChI is InChI=1S/C36H45F3N4O8/c1-9-21-13-14-35(21,31(46)49-10-2)42-30(45)25-16-34(19-43(25)26(44)17-40-20(3)50-32(4,5)6)18-33(7,47)27-23-15-22(48-8)11-12-24(23)41-29(28(27)51-34)36(37,38)39/h9,11-12,15,21,25,47H,1,10,13-14,16-19H2,2-8H3,(H,42,45). The topological polar surface area (TPSA) is 149 Å². The highest BCUT2D eigenvalue weighted by molar-refractivity contribution is 5.95. The number of aliphatic hydroxyl groups is 1. The third-order valence-corrected chi connectivity index (χ3v) is 9.61. The summed E-state index contributed by atoms with van der Waals surface area (Å²) in [5.41, 5.74) is -7.21. The number of ether oxygens (including phenoxy) is 4. The smallest absolute Gasteiger partial charge is 0.437 e. The van der Waals surface area contributed by atoms with Gasteiger partial charge in [-0.15, -0.1) is 6.58 Å². The Bertz CT molecular complexity index is 1770. The number of aliphatic imine (C=N–C) groups is 1. The highest BCUT2D eigenvalue weighted by Gasteiger charge is 2.60. The highest BCUT2D eigenvalue weighted by Crippen LogP contribution is 2.54. The van der Waals surface area contributed by atoms with E-state index in [9.17, 15) is 32.7 Å². The lowest BCUT2D eigenvalue weighted by Gasteiger charge is -2.46. The van der Waals surface area contributed by atoms with Crippen molar-refractivity contribution in [3.8, 4) is 11.5 Å². The number of aromatic nitrogens is 1. The van der Waals surface area contributed by atoms with Crippen molar-refractivity contribution in [2.45, 2.75) is 102 Å². The molecular formula is C36H45F3N4O8. The van der Waals surface area contributed by atoms with Crippen LogP contribution < -0.4 is 14.8 Å². The van der Waals surface area contributed by atoms with Gasteiger partial charge in [0.05, 0.1) is 31.4 Å². The number of esters is 1. The van der Waals surface area contributed by atoms with Gasteiger partial charge in [0.1, 0.15) is 35.1 Å². The maximum atomic E-state index is 14.7. The molecule has 1 saturated heterocycles. The quantitative estimate of drug-likeness (QED) is 0.169. The number of carbonyl (C=O) groups is 3. The molecule has 1 aliphatic carbocycles. The van der Waals surface area contributed by atoms with Gasteiger partial charge in [-0.2, -0.15) is 13.2 Å². The minimum absolute atomic E-state index is 0.0329. The van der Waals surface area contributed by atoms with E-state index >= 15 is 0 Å². The maximum Gasteiger partial charge on any atom is 0.437 e. The number of nitrogens with one attached hydrogen (secondary N) is 1. The summed E-state index contributed by atoms with van der Waals surface area (Å²) in [6, 6.07) is 2.98. The molecule has 15 heteroatoms. The number of halogens is 3. The van der Waals surface area contributed by atoms with Gasteiger partial charge in [0.15, 0.2) is 17.3 Å². The van der Waals surface area contributed by atoms with Crippen molar-refractivity contribution in [1.29, 1.82) is 0 Å². The summed E-state index contributed by atoms with van der Waals surface area (Å²) in [6.45, 7) is 13.0. The van der Waals surface area contributed by atoms with Crippen LogP contribution in [0.4, 0.5) is 13.2 Å². The van der Waals surface area contributed by atoms with Crippen LogP contribution in [0.5, 0.6) is 11.5 Å². The Morgan fingerprint density at radius 2 is 1.96 bits per heavy atom. The Labute approximate surface area is 294 Å². The monoisotopic (exact) mass is 718 g/mol. The van der Waals surface area contributed by atoms with E-state index in [1.165, 1.54) is 37.1 Å². The Morgan fingerprint density at radius 1 is 1.25 bits per heavy atom. The number of rotatable bonds is 8. The molecule has 1 aromatic heterocycles. The molecule has 0 radical (unpaired) electrons. The second-order valence-electron chi connectivity index (χ2n) is 14.6. The summed E-state index contributed by atoms with van der Waals surface area (Å²) in [5, 5.41) is 15.0. The van der Waals surface area contributed by atoms with Crippen molar-refractivity contribution in [3.63, 3.8) is 0 Å². The van der Waals surface area contributed by atoms with E-state index in [0.717, 1.165) is 0 Å². The van der Waals surface area contributed by atoms with E-state index in [-0.39, 0.29) is 54.8 Å². The third kappa shape index (κ3) is 7.22. The van der Waals surface area contributed by atoms with Crippen LogP contribution in [0.15, 0.2) is 35.8 Å². The number of carbonyl (C=O) groups excluding carboxylic acids is 3. The number of likely N-dealkylation sites (tertiary alicyclic amines) is 1. The van der Waals surface area contributed by atoms with E-state index in [0.29, 0.717) is 12.2 Å². The predicted octanol–water partition coefficient (Wildman–Crippen LogP) is 4.84. The molecule has 2 N–H and O–H groups in total. The second kappa shape index (κ2) is 13.3. The summed E-state index contributed by atoms with van der Waals surface area (Å²) in [4.78, 5) is 50.6. The lowest BCUT2D eigenvalue weighted by atomic mass is 9.66. The number of alkyl halides is 3. The van der Waals surface area contributed by atoms with Crippen molar-refractivity contribution < 1.29 is 51.6 Å². The van der Waals surface area contributed by atoms with Crippen molar-refractivity contribution in [1.82, 2.24) is 15.2 Å². The van der Waals surface area contributed by atoms with Crippen molar-refractivity contribution in [2.24, 2.45) is 10.9 Å². The van der Waals surface area contributed by atoms with Gasteiger partial charge in [-0.3, -0.25) is 9.59 Å². The highest BCUT2D eigenvalue weighted by atomic mass is 19.4. The number of hydrogen-bond acceptors (Lipinski definition) is 10. The lowest BCUT2D eigenvalue weighted by Crippen LogP contribution is -2.67. The molecule has 1 aromatic carbocycles. The fourth-order valence-corrected chi connectivity index (χ4v) is 7.48. The summed E-state index contributed by atoms with van der Waals surface area (Å²) >= 11 is 0. The minimum atomic E-state index is -4.99. The number of hydrogen-bond donors (Lipinski definition) is 2. The molecule has 2 aliphatic heterocycles. The van der Waals surface area contributed by atoms with E-state index in [4.69, 9.17) is 18.9 Å². The largest absolute Gasteiger partial charge is 0.497 e. The minimum Gasteiger partial charge on any atom is -0.497 e. The molecule has 5 unspecified atom stereocenters. The molecule has 2 aromatic rings. The van der Waals surface area contributed by atoms with Crippen LogP contribution in [0, 0.1) is 5.92 Å². The number of fused-ring (bicyclic) bond motifs is 3. The Hall–Kier alpha value is -4.40. The molecule has 51 heavy (non-hydrogen) atoms. The molecule has 3 heterocycles. The van der Waals surface area contributed by atoms with Crippen LogP contribution in [0.2, 0.25) is 0 Å². The van der Waals surface area contributed by atoms with Crippen molar-refractivity contribution in [2.75, 3.05) is 26.8 Å². The van der Waals surface area contributed by atoms with Crippen LogP contribution in [-0.2, 0) is 35.6 Å². The van der Waals surface area contributed by atoms with E-state index in [2.05, 4.69) is 21.9 Å². The van der Waals surface area contributed by atoms with E-state index < -0.39 is 76.2 Å². The number of amides is 2. The summed E-state index contributed by atoms with van der Waals surface area (Å²) in [5.74, 6) is -2.65. The number of pyridine rings is 1. The normalized spacial score (nSPS) is 27.7. The van der Waals surface area contributed by atoms with Crippen LogP contribution in [-0.4, -0.2) is 88.3 Å². The molecule has 0 bridgehead atoms. The van der Waals surface area contributed by atoms with Gasteiger partial charge in [0.25, 0.3) is 0 Å². The third-order valence-electron chi connectivity index (χ3n) is 9.61. The maximum absolute atomic E-state index is 14.7. The molecule has 2 fully saturated rings. The number of benzene rings is 1. The number of methoxy groups -OCH3 is 1. The molecule has 5 atom stereocenters.